The molecule has 2 aromatic rings. The Balaban J connectivity index is 1.94. The maximum Gasteiger partial charge on any atom is 0.409 e. The Kier molecular flexibility index (Phi) is 2.36. The second-order valence-corrected chi connectivity index (χ2v) is 5.55. The third-order valence-corrected chi connectivity index (χ3v) is 4.37. The number of aryl methyl sites for hydroxylation is 4. The Morgan fingerprint density at radius 1 is 0.900 bits per heavy atom. The van der Waals surface area contributed by atoms with Gasteiger partial charge in [0.25, 0.3) is 0 Å². The van der Waals surface area contributed by atoms with Gasteiger partial charge in [0.2, 0.25) is 0 Å². The molecule has 100 valence electrons. The Hall–Kier alpha value is -2.29. The molecular formula is C17H15NO2. The van der Waals surface area contributed by atoms with Crippen LogP contribution >= 0.6 is 0 Å². The van der Waals surface area contributed by atoms with Gasteiger partial charge in [-0.3, -0.25) is 5.32 Å². The molecule has 2 aliphatic carbocycles. The highest BCUT2D eigenvalue weighted by atomic mass is 16.4. The Morgan fingerprint density at radius 2 is 1.40 bits per heavy atom. The summed E-state index contributed by atoms with van der Waals surface area (Å²) in [4.78, 5) is 10.8. The van der Waals surface area contributed by atoms with E-state index in [1.807, 2.05) is 12.1 Å². The molecule has 2 aromatic carbocycles. The first-order valence-corrected chi connectivity index (χ1v) is 6.99. The van der Waals surface area contributed by atoms with E-state index in [2.05, 4.69) is 23.5 Å². The summed E-state index contributed by atoms with van der Waals surface area (Å²) in [5.74, 6) is 0. The van der Waals surface area contributed by atoms with Crippen LogP contribution in [0.4, 0.5) is 10.5 Å². The predicted molar refractivity (Wildman–Crippen MR) is 78.3 cm³/mol. The molecule has 0 spiro atoms. The number of carboxylic acid groups (broad SMARTS) is 1. The van der Waals surface area contributed by atoms with E-state index < -0.39 is 6.09 Å². The molecule has 3 heteroatoms. The summed E-state index contributed by atoms with van der Waals surface area (Å²) >= 11 is 0. The van der Waals surface area contributed by atoms with E-state index in [1.54, 1.807) is 0 Å². The van der Waals surface area contributed by atoms with Crippen LogP contribution in [0.1, 0.15) is 22.3 Å². The number of nitrogens with one attached hydrogen (secondary N) is 1. The minimum absolute atomic E-state index is 0.703. The summed E-state index contributed by atoms with van der Waals surface area (Å²) in [6.07, 6.45) is 3.09. The Labute approximate surface area is 117 Å². The molecule has 0 aromatic heterocycles. The van der Waals surface area contributed by atoms with Crippen LogP contribution in [-0.2, 0) is 25.7 Å². The summed E-state index contributed by atoms with van der Waals surface area (Å²) < 4.78 is 0. The minimum atomic E-state index is -0.996. The van der Waals surface area contributed by atoms with Gasteiger partial charge in [-0.2, -0.15) is 0 Å². The lowest BCUT2D eigenvalue weighted by Gasteiger charge is -2.29. The molecule has 0 fully saturated rings. The first-order valence-electron chi connectivity index (χ1n) is 6.99. The molecular weight excluding hydrogens is 250 g/mol. The predicted octanol–water partition coefficient (Wildman–Crippen LogP) is 3.64. The number of benzene rings is 2. The average Bonchev–Trinajstić information content (AvgIpc) is 2.44. The van der Waals surface area contributed by atoms with Crippen LogP contribution in [0.5, 0.6) is 0 Å². The maximum atomic E-state index is 10.8. The van der Waals surface area contributed by atoms with Crippen LogP contribution in [-0.4, -0.2) is 11.2 Å². The van der Waals surface area contributed by atoms with E-state index in [-0.39, 0.29) is 0 Å². The van der Waals surface area contributed by atoms with Crippen molar-refractivity contribution in [1.29, 1.82) is 0 Å². The first-order chi connectivity index (χ1) is 9.72. The molecule has 0 aliphatic heterocycles. The highest BCUT2D eigenvalue weighted by Gasteiger charge is 2.25. The number of rotatable bonds is 1. The molecule has 4 rings (SSSR count). The molecule has 3 nitrogen and oxygen atoms in total. The zero-order chi connectivity index (χ0) is 13.7. The molecule has 20 heavy (non-hydrogen) atoms. The van der Waals surface area contributed by atoms with Gasteiger partial charge in [0.05, 0.1) is 0 Å². The van der Waals surface area contributed by atoms with Crippen molar-refractivity contribution in [3.05, 3.63) is 52.6 Å². The van der Waals surface area contributed by atoms with Crippen molar-refractivity contribution in [2.24, 2.45) is 0 Å². The molecule has 0 atom stereocenters. The van der Waals surface area contributed by atoms with E-state index >= 15 is 0 Å². The van der Waals surface area contributed by atoms with Gasteiger partial charge < -0.3 is 5.11 Å². The molecule has 1 amide bonds. The fraction of sp³-hybridized carbons (Fsp3) is 0.235. The van der Waals surface area contributed by atoms with E-state index in [4.69, 9.17) is 5.11 Å². The molecule has 0 saturated carbocycles. The molecule has 0 bridgehead atoms. The van der Waals surface area contributed by atoms with E-state index in [0.29, 0.717) is 5.69 Å². The summed E-state index contributed by atoms with van der Waals surface area (Å²) in [5, 5.41) is 11.4. The summed E-state index contributed by atoms with van der Waals surface area (Å²) in [7, 11) is 0. The topological polar surface area (TPSA) is 49.3 Å². The van der Waals surface area contributed by atoms with Crippen LogP contribution in [0.2, 0.25) is 0 Å². The van der Waals surface area contributed by atoms with Crippen molar-refractivity contribution in [2.75, 3.05) is 5.32 Å². The van der Waals surface area contributed by atoms with Crippen LogP contribution in [0.15, 0.2) is 30.3 Å². The lowest BCUT2D eigenvalue weighted by Crippen LogP contribution is -2.15. The molecule has 0 unspecified atom stereocenters. The van der Waals surface area contributed by atoms with Gasteiger partial charge in [-0.25, -0.2) is 4.79 Å². The normalized spacial score (nSPS) is 14.6. The van der Waals surface area contributed by atoms with Crippen LogP contribution < -0.4 is 5.32 Å². The van der Waals surface area contributed by atoms with Crippen molar-refractivity contribution in [1.82, 2.24) is 0 Å². The fourth-order valence-electron chi connectivity index (χ4n) is 3.61. The maximum absolute atomic E-state index is 10.8. The SMILES string of the molecule is O=C(O)Nc1cc2c3c(c1)CCc1cccc(c1-3)CC2. The molecule has 0 radical (unpaired) electrons. The van der Waals surface area contributed by atoms with Gasteiger partial charge in [-0.05, 0) is 71.2 Å². The van der Waals surface area contributed by atoms with Gasteiger partial charge in [-0.1, -0.05) is 18.2 Å². The Morgan fingerprint density at radius 3 is 1.95 bits per heavy atom. The summed E-state index contributed by atoms with van der Waals surface area (Å²) in [6.45, 7) is 0. The van der Waals surface area contributed by atoms with E-state index in [1.165, 1.54) is 33.4 Å². The number of hydrogen-bond acceptors (Lipinski definition) is 1. The Bertz CT molecular complexity index is 687. The first kappa shape index (κ1) is 11.5. The van der Waals surface area contributed by atoms with E-state index in [9.17, 15) is 4.79 Å². The molecule has 0 heterocycles. The smallest absolute Gasteiger partial charge is 0.409 e. The van der Waals surface area contributed by atoms with Crippen molar-refractivity contribution in [3.8, 4) is 11.1 Å². The largest absolute Gasteiger partial charge is 0.465 e. The molecule has 2 N–H and O–H groups in total. The van der Waals surface area contributed by atoms with Crippen molar-refractivity contribution in [3.63, 3.8) is 0 Å². The quantitative estimate of drug-likeness (QED) is 0.827. The lowest BCUT2D eigenvalue weighted by atomic mass is 9.75. The number of hydrogen-bond donors (Lipinski definition) is 2. The van der Waals surface area contributed by atoms with Crippen LogP contribution in [0.25, 0.3) is 11.1 Å². The van der Waals surface area contributed by atoms with Gasteiger partial charge in [0, 0.05) is 5.69 Å². The third-order valence-electron chi connectivity index (χ3n) is 4.37. The minimum Gasteiger partial charge on any atom is -0.465 e. The summed E-state index contributed by atoms with van der Waals surface area (Å²) in [5.41, 5.74) is 8.93. The van der Waals surface area contributed by atoms with Crippen LogP contribution in [0, 0.1) is 0 Å². The fourth-order valence-corrected chi connectivity index (χ4v) is 3.61. The second-order valence-electron chi connectivity index (χ2n) is 5.55. The van der Waals surface area contributed by atoms with Gasteiger partial charge >= 0.3 is 6.09 Å². The van der Waals surface area contributed by atoms with Crippen molar-refractivity contribution >= 4 is 11.8 Å². The lowest BCUT2D eigenvalue weighted by molar-refractivity contribution is 0.210. The van der Waals surface area contributed by atoms with E-state index in [0.717, 1.165) is 25.7 Å². The highest BCUT2D eigenvalue weighted by Crippen LogP contribution is 2.43. The van der Waals surface area contributed by atoms with Crippen LogP contribution in [0.3, 0.4) is 0 Å². The zero-order valence-electron chi connectivity index (χ0n) is 11.1. The molecule has 2 aliphatic rings. The zero-order valence-corrected chi connectivity index (χ0v) is 11.1. The number of anilines is 1. The highest BCUT2D eigenvalue weighted by molar-refractivity contribution is 5.87. The monoisotopic (exact) mass is 265 g/mol. The second kappa shape index (κ2) is 4.10. The number of carbonyl (C=O) groups is 1. The summed E-state index contributed by atoms with van der Waals surface area (Å²) in [6, 6.07) is 10.6. The number of amides is 1. The van der Waals surface area contributed by atoms with Gasteiger partial charge in [0.1, 0.15) is 0 Å². The van der Waals surface area contributed by atoms with Gasteiger partial charge in [-0.15, -0.1) is 0 Å². The van der Waals surface area contributed by atoms with Crippen molar-refractivity contribution in [2.45, 2.75) is 25.7 Å². The standard InChI is InChI=1S/C17H15NO2/c19-17(20)18-14-8-12-6-4-10-2-1-3-11-5-7-13(9-14)16(12)15(10)11/h1-3,8-9,18H,4-7H2,(H,19,20). The third kappa shape index (κ3) is 1.63. The average molecular weight is 265 g/mol. The van der Waals surface area contributed by atoms with Gasteiger partial charge in [0.15, 0.2) is 0 Å². The molecule has 0 saturated heterocycles. The van der Waals surface area contributed by atoms with Crippen molar-refractivity contribution < 1.29 is 9.90 Å².